The molecule has 0 bridgehead atoms. The van der Waals surface area contributed by atoms with E-state index in [4.69, 9.17) is 0 Å². The highest BCUT2D eigenvalue weighted by molar-refractivity contribution is 8.03. The van der Waals surface area contributed by atoms with E-state index in [-0.39, 0.29) is 4.75 Å². The van der Waals surface area contributed by atoms with Crippen molar-refractivity contribution in [1.29, 1.82) is 0 Å². The summed E-state index contributed by atoms with van der Waals surface area (Å²) in [6.45, 7) is 0. The van der Waals surface area contributed by atoms with Crippen molar-refractivity contribution in [3.05, 3.63) is 301 Å². The molecule has 16 rings (SSSR count). The SMILES string of the molecule is C1=CSC(c2ccc(N(c3cc4ccccc4c4ccccc34)c3cc4ccccc4c4ccccc34)cc2)(c2ccc(-c3ccc(N(c4cc5ccccc5c5ccccc45)c4cc5ccccc5c5ccccc45)cc3)s2)C1. The zero-order valence-electron chi connectivity index (χ0n) is 43.6. The quantitative estimate of drug-likeness (QED) is 0.133. The minimum atomic E-state index is -0.261. The molecule has 1 unspecified atom stereocenters. The van der Waals surface area contributed by atoms with E-state index in [0.29, 0.717) is 0 Å². The van der Waals surface area contributed by atoms with Crippen molar-refractivity contribution in [2.24, 2.45) is 0 Å². The summed E-state index contributed by atoms with van der Waals surface area (Å²) in [5.41, 5.74) is 9.37. The summed E-state index contributed by atoms with van der Waals surface area (Å²) in [4.78, 5) is 7.62. The number of hydrogen-bond donors (Lipinski definition) is 0. The van der Waals surface area contributed by atoms with Crippen LogP contribution in [0, 0.1) is 0 Å². The minimum absolute atomic E-state index is 0.261. The lowest BCUT2D eigenvalue weighted by atomic mass is 9.92. The maximum atomic E-state index is 2.51. The second kappa shape index (κ2) is 18.9. The van der Waals surface area contributed by atoms with E-state index in [1.165, 1.54) is 107 Å². The Morgan fingerprint density at radius 2 is 0.625 bits per heavy atom. The van der Waals surface area contributed by atoms with Gasteiger partial charge < -0.3 is 9.80 Å². The average Bonchev–Trinajstić information content (AvgIpc) is 4.37. The Hall–Kier alpha value is -9.45. The largest absolute Gasteiger partial charge is 0.309 e. The fraction of sp³-hybridized carbons (Fsp3) is 0.0263. The van der Waals surface area contributed by atoms with Gasteiger partial charge in [0.2, 0.25) is 0 Å². The third-order valence-corrected chi connectivity index (χ3v) is 19.5. The van der Waals surface area contributed by atoms with Crippen molar-refractivity contribution in [3.63, 3.8) is 0 Å². The minimum Gasteiger partial charge on any atom is -0.309 e. The zero-order chi connectivity index (χ0) is 52.7. The van der Waals surface area contributed by atoms with Gasteiger partial charge in [0.25, 0.3) is 0 Å². The number of benzene rings is 14. The summed E-state index contributed by atoms with van der Waals surface area (Å²) in [6.07, 6.45) is 3.27. The van der Waals surface area contributed by atoms with Gasteiger partial charge in [0.05, 0.1) is 27.5 Å². The number of fused-ring (bicyclic) bond motifs is 12. The smallest absolute Gasteiger partial charge is 0.0825 e. The molecule has 2 heterocycles. The highest BCUT2D eigenvalue weighted by atomic mass is 32.2. The lowest BCUT2D eigenvalue weighted by Crippen LogP contribution is -2.19. The van der Waals surface area contributed by atoms with Gasteiger partial charge in [-0.25, -0.2) is 0 Å². The van der Waals surface area contributed by atoms with Crippen molar-refractivity contribution < 1.29 is 0 Å². The van der Waals surface area contributed by atoms with E-state index in [1.54, 1.807) is 0 Å². The third-order valence-electron chi connectivity index (χ3n) is 16.7. The van der Waals surface area contributed by atoms with E-state index in [0.717, 1.165) is 40.5 Å². The summed E-state index contributed by atoms with van der Waals surface area (Å²) >= 11 is 3.85. The molecular formula is C76H50N2S2. The van der Waals surface area contributed by atoms with Crippen LogP contribution in [0.5, 0.6) is 0 Å². The van der Waals surface area contributed by atoms with Gasteiger partial charge in [0.1, 0.15) is 0 Å². The summed E-state index contributed by atoms with van der Waals surface area (Å²) in [5, 5.41) is 22.1. The molecule has 0 spiro atoms. The first-order valence-electron chi connectivity index (χ1n) is 27.5. The van der Waals surface area contributed by atoms with Crippen LogP contribution in [-0.4, -0.2) is 0 Å². The first-order valence-corrected chi connectivity index (χ1v) is 29.2. The van der Waals surface area contributed by atoms with E-state index < -0.39 is 0 Å². The maximum absolute atomic E-state index is 2.51. The summed E-state index contributed by atoms with van der Waals surface area (Å²) in [5.74, 6) is 0. The predicted octanol–water partition coefficient (Wildman–Crippen LogP) is 22.5. The van der Waals surface area contributed by atoms with Crippen LogP contribution in [0.25, 0.3) is 96.6 Å². The molecule has 0 fully saturated rings. The molecule has 1 aliphatic heterocycles. The summed E-state index contributed by atoms with van der Waals surface area (Å²) in [7, 11) is 0. The standard InChI is InChI=1S/C76H50N2S2/c1-5-22-58-51(18-1)46-70(66-30-13-9-26-62(58)66)77(71-47-52-19-2-6-23-59(52)63-27-10-14-31-67(63)71)56-38-34-50(35-39-56)74-42-43-75(80-74)76(44-17-45-79-76)55-36-40-57(41-37-55)78(72-48-53-20-3-7-24-60(53)64-28-11-15-32-68(64)72)73-49-54-21-4-8-25-61(54)65-29-12-16-33-69(65)73/h1-43,45-49H,44H2. The van der Waals surface area contributed by atoms with Crippen molar-refractivity contribution in [2.75, 3.05) is 9.80 Å². The van der Waals surface area contributed by atoms with Crippen LogP contribution in [0.2, 0.25) is 0 Å². The molecule has 4 heteroatoms. The van der Waals surface area contributed by atoms with E-state index >= 15 is 0 Å². The number of hydrogen-bond acceptors (Lipinski definition) is 4. The van der Waals surface area contributed by atoms with Gasteiger partial charge in [-0.05, 0) is 148 Å². The number of thioether (sulfide) groups is 1. The molecule has 1 atom stereocenters. The Morgan fingerprint density at radius 1 is 0.300 bits per heavy atom. The zero-order valence-corrected chi connectivity index (χ0v) is 45.3. The molecule has 14 aromatic carbocycles. The number of thiophene rings is 1. The summed E-state index contributed by atoms with van der Waals surface area (Å²) in [6, 6.07) is 104. The number of rotatable bonds is 9. The van der Waals surface area contributed by atoms with Crippen LogP contribution in [0.3, 0.4) is 0 Å². The molecule has 2 nitrogen and oxygen atoms in total. The fourth-order valence-corrected chi connectivity index (χ4v) is 15.4. The maximum Gasteiger partial charge on any atom is 0.0825 e. The highest BCUT2D eigenvalue weighted by Crippen LogP contribution is 2.55. The molecule has 80 heavy (non-hydrogen) atoms. The first-order chi connectivity index (χ1) is 39.6. The van der Waals surface area contributed by atoms with Crippen molar-refractivity contribution in [2.45, 2.75) is 11.2 Å². The van der Waals surface area contributed by atoms with Gasteiger partial charge in [-0.2, -0.15) is 0 Å². The van der Waals surface area contributed by atoms with Gasteiger partial charge in [-0.15, -0.1) is 23.1 Å². The molecule has 0 radical (unpaired) electrons. The first kappa shape index (κ1) is 46.6. The number of anilines is 6. The van der Waals surface area contributed by atoms with Crippen LogP contribution in [0.4, 0.5) is 34.1 Å². The van der Waals surface area contributed by atoms with Crippen LogP contribution < -0.4 is 9.80 Å². The van der Waals surface area contributed by atoms with Gasteiger partial charge in [-0.1, -0.05) is 224 Å². The highest BCUT2D eigenvalue weighted by Gasteiger charge is 2.38. The average molecular weight is 1060 g/mol. The Kier molecular flexibility index (Phi) is 11.0. The Morgan fingerprint density at radius 3 is 0.975 bits per heavy atom. The monoisotopic (exact) mass is 1050 g/mol. The second-order valence-corrected chi connectivity index (χ2v) is 23.4. The Labute approximate surface area is 472 Å². The Bertz CT molecular complexity index is 4730. The molecule has 15 aromatic rings. The van der Waals surface area contributed by atoms with Gasteiger partial charge in [-0.3, -0.25) is 0 Å². The lowest BCUT2D eigenvalue weighted by molar-refractivity contribution is 0.787. The van der Waals surface area contributed by atoms with E-state index in [2.05, 4.69) is 300 Å². The van der Waals surface area contributed by atoms with E-state index in [1.807, 2.05) is 23.1 Å². The van der Waals surface area contributed by atoms with Gasteiger partial charge >= 0.3 is 0 Å². The number of allylic oxidation sites excluding steroid dienone is 1. The van der Waals surface area contributed by atoms with Gasteiger partial charge in [0.15, 0.2) is 0 Å². The van der Waals surface area contributed by atoms with Crippen LogP contribution in [0.1, 0.15) is 16.9 Å². The van der Waals surface area contributed by atoms with E-state index in [9.17, 15) is 0 Å². The van der Waals surface area contributed by atoms with Crippen molar-refractivity contribution in [3.8, 4) is 10.4 Å². The van der Waals surface area contributed by atoms with Crippen molar-refractivity contribution >= 4 is 143 Å². The molecule has 0 saturated carbocycles. The lowest BCUT2D eigenvalue weighted by Gasteiger charge is -2.31. The molecule has 0 amide bonds. The summed E-state index contributed by atoms with van der Waals surface area (Å²) < 4.78 is -0.261. The second-order valence-electron chi connectivity index (χ2n) is 21.1. The molecule has 376 valence electrons. The number of nitrogens with zero attached hydrogens (tertiary/aromatic N) is 2. The topological polar surface area (TPSA) is 6.48 Å². The fourth-order valence-electron chi connectivity index (χ4n) is 13.0. The van der Waals surface area contributed by atoms with Gasteiger partial charge in [0, 0.05) is 42.7 Å². The molecular weight excluding hydrogens is 1000 g/mol. The Balaban J connectivity index is 0.802. The molecule has 1 aliphatic rings. The molecule has 1 aromatic heterocycles. The van der Waals surface area contributed by atoms with Crippen LogP contribution in [-0.2, 0) is 4.75 Å². The predicted molar refractivity (Wildman–Crippen MR) is 348 cm³/mol. The van der Waals surface area contributed by atoms with Crippen LogP contribution >= 0.6 is 23.1 Å². The third kappa shape index (κ3) is 7.48. The molecule has 0 N–H and O–H groups in total. The molecule has 0 aliphatic carbocycles. The normalized spacial score (nSPS) is 14.4. The molecule has 0 saturated heterocycles. The van der Waals surface area contributed by atoms with Crippen LogP contribution in [0.15, 0.2) is 291 Å². The van der Waals surface area contributed by atoms with Crippen molar-refractivity contribution in [1.82, 2.24) is 0 Å².